The van der Waals surface area contributed by atoms with E-state index in [-0.39, 0.29) is 5.78 Å². The fourth-order valence-corrected chi connectivity index (χ4v) is 1.56. The molecule has 0 aromatic heterocycles. The molecule has 100 valence electrons. The molecule has 0 aliphatic rings. The molecule has 0 unspecified atom stereocenters. The van der Waals surface area contributed by atoms with E-state index in [4.69, 9.17) is 9.47 Å². The van der Waals surface area contributed by atoms with Crippen LogP contribution in [0.3, 0.4) is 0 Å². The summed E-state index contributed by atoms with van der Waals surface area (Å²) in [7, 11) is 0. The number of para-hydroxylation sites is 2. The standard InChI is InChI=1S/C15H22O3/c1-3-11-17-14-9-4-5-10-15(14)18-12-7-6-8-13(2)16/h4-5,9-10H,3,6-8,11-12H2,1-2H3. The molecular formula is C15H22O3. The number of ether oxygens (including phenoxy) is 2. The fraction of sp³-hybridized carbons (Fsp3) is 0.533. The summed E-state index contributed by atoms with van der Waals surface area (Å²) in [6.07, 6.45) is 3.39. The molecule has 0 bridgehead atoms. The number of rotatable bonds is 9. The van der Waals surface area contributed by atoms with Crippen LogP contribution < -0.4 is 9.47 Å². The van der Waals surface area contributed by atoms with Gasteiger partial charge in [-0.1, -0.05) is 19.1 Å². The van der Waals surface area contributed by atoms with Crippen LogP contribution in [0.4, 0.5) is 0 Å². The van der Waals surface area contributed by atoms with E-state index in [0.29, 0.717) is 19.6 Å². The van der Waals surface area contributed by atoms with Crippen molar-refractivity contribution < 1.29 is 14.3 Å². The third-order valence-corrected chi connectivity index (χ3v) is 2.49. The minimum atomic E-state index is 0.238. The van der Waals surface area contributed by atoms with E-state index < -0.39 is 0 Å². The molecule has 1 aromatic rings. The first kappa shape index (κ1) is 14.6. The first-order chi connectivity index (χ1) is 8.74. The van der Waals surface area contributed by atoms with Gasteiger partial charge in [0, 0.05) is 6.42 Å². The Bertz CT molecular complexity index is 361. The molecule has 3 nitrogen and oxygen atoms in total. The zero-order chi connectivity index (χ0) is 13.2. The van der Waals surface area contributed by atoms with E-state index in [9.17, 15) is 4.79 Å². The number of hydrogen-bond donors (Lipinski definition) is 0. The third-order valence-electron chi connectivity index (χ3n) is 2.49. The van der Waals surface area contributed by atoms with Crippen LogP contribution in [0.15, 0.2) is 24.3 Å². The largest absolute Gasteiger partial charge is 0.490 e. The molecular weight excluding hydrogens is 228 g/mol. The van der Waals surface area contributed by atoms with Crippen molar-refractivity contribution in [3.63, 3.8) is 0 Å². The number of carbonyl (C=O) groups excluding carboxylic acids is 1. The molecule has 3 heteroatoms. The Morgan fingerprint density at radius 3 is 2.22 bits per heavy atom. The van der Waals surface area contributed by atoms with Crippen molar-refractivity contribution in [3.05, 3.63) is 24.3 Å². The minimum Gasteiger partial charge on any atom is -0.490 e. The van der Waals surface area contributed by atoms with Crippen LogP contribution in [0, 0.1) is 0 Å². The summed E-state index contributed by atoms with van der Waals surface area (Å²) < 4.78 is 11.3. The molecule has 0 amide bonds. The summed E-state index contributed by atoms with van der Waals surface area (Å²) in [6, 6.07) is 7.70. The van der Waals surface area contributed by atoms with Gasteiger partial charge >= 0.3 is 0 Å². The van der Waals surface area contributed by atoms with Crippen LogP contribution in [0.2, 0.25) is 0 Å². The van der Waals surface area contributed by atoms with Crippen molar-refractivity contribution in [3.8, 4) is 11.5 Å². The van der Waals surface area contributed by atoms with E-state index in [1.54, 1.807) is 6.92 Å². The Morgan fingerprint density at radius 1 is 1.06 bits per heavy atom. The maximum absolute atomic E-state index is 10.8. The van der Waals surface area contributed by atoms with Crippen molar-refractivity contribution in [1.29, 1.82) is 0 Å². The normalized spacial score (nSPS) is 10.1. The lowest BCUT2D eigenvalue weighted by molar-refractivity contribution is -0.117. The van der Waals surface area contributed by atoms with Gasteiger partial charge in [-0.25, -0.2) is 0 Å². The molecule has 1 rings (SSSR count). The highest BCUT2D eigenvalue weighted by Crippen LogP contribution is 2.26. The van der Waals surface area contributed by atoms with E-state index in [0.717, 1.165) is 30.8 Å². The van der Waals surface area contributed by atoms with Crippen LogP contribution in [0.5, 0.6) is 11.5 Å². The van der Waals surface area contributed by atoms with Crippen LogP contribution in [0.25, 0.3) is 0 Å². The first-order valence-corrected chi connectivity index (χ1v) is 6.58. The molecule has 0 N–H and O–H groups in total. The van der Waals surface area contributed by atoms with Gasteiger partial charge < -0.3 is 14.3 Å². The fourth-order valence-electron chi connectivity index (χ4n) is 1.56. The third kappa shape index (κ3) is 5.71. The number of ketones is 1. The molecule has 0 saturated carbocycles. The van der Waals surface area contributed by atoms with Crippen molar-refractivity contribution in [2.45, 2.75) is 39.5 Å². The highest BCUT2D eigenvalue weighted by Gasteiger charge is 2.03. The number of hydrogen-bond acceptors (Lipinski definition) is 3. The van der Waals surface area contributed by atoms with Gasteiger partial charge in [-0.2, -0.15) is 0 Å². The average molecular weight is 250 g/mol. The summed E-state index contributed by atoms with van der Waals surface area (Å²) in [6.45, 7) is 5.02. The maximum Gasteiger partial charge on any atom is 0.161 e. The van der Waals surface area contributed by atoms with Crippen molar-refractivity contribution in [2.75, 3.05) is 13.2 Å². The molecule has 0 aliphatic carbocycles. The van der Waals surface area contributed by atoms with Gasteiger partial charge in [0.15, 0.2) is 11.5 Å². The smallest absolute Gasteiger partial charge is 0.161 e. The van der Waals surface area contributed by atoms with Gasteiger partial charge in [0.2, 0.25) is 0 Å². The van der Waals surface area contributed by atoms with E-state index >= 15 is 0 Å². The second-order valence-corrected chi connectivity index (χ2v) is 4.30. The minimum absolute atomic E-state index is 0.238. The van der Waals surface area contributed by atoms with Crippen molar-refractivity contribution >= 4 is 5.78 Å². The quantitative estimate of drug-likeness (QED) is 0.628. The lowest BCUT2D eigenvalue weighted by atomic mass is 10.2. The Labute approximate surface area is 109 Å². The number of benzene rings is 1. The summed E-state index contributed by atoms with van der Waals surface area (Å²) in [5.41, 5.74) is 0. The predicted octanol–water partition coefficient (Wildman–Crippen LogP) is 3.61. The zero-order valence-corrected chi connectivity index (χ0v) is 11.3. The van der Waals surface area contributed by atoms with Crippen LogP contribution in [-0.4, -0.2) is 19.0 Å². The summed E-state index contributed by atoms with van der Waals surface area (Å²) in [5, 5.41) is 0. The summed E-state index contributed by atoms with van der Waals surface area (Å²) >= 11 is 0. The Kier molecular flexibility index (Phi) is 6.92. The van der Waals surface area contributed by atoms with Gasteiger partial charge in [-0.3, -0.25) is 0 Å². The molecule has 18 heavy (non-hydrogen) atoms. The SMILES string of the molecule is CCCOc1ccccc1OCCCCC(C)=O. The maximum atomic E-state index is 10.8. The highest BCUT2D eigenvalue weighted by atomic mass is 16.5. The molecule has 0 radical (unpaired) electrons. The Morgan fingerprint density at radius 2 is 1.67 bits per heavy atom. The Hall–Kier alpha value is -1.51. The van der Waals surface area contributed by atoms with Crippen LogP contribution in [0.1, 0.15) is 39.5 Å². The summed E-state index contributed by atoms with van der Waals surface area (Å²) in [5.74, 6) is 1.82. The molecule has 0 spiro atoms. The van der Waals surface area contributed by atoms with Crippen LogP contribution in [-0.2, 0) is 4.79 Å². The van der Waals surface area contributed by atoms with Crippen molar-refractivity contribution in [1.82, 2.24) is 0 Å². The van der Waals surface area contributed by atoms with E-state index in [2.05, 4.69) is 6.92 Å². The molecule has 0 atom stereocenters. The van der Waals surface area contributed by atoms with Crippen molar-refractivity contribution in [2.24, 2.45) is 0 Å². The highest BCUT2D eigenvalue weighted by molar-refractivity contribution is 5.75. The molecule has 0 saturated heterocycles. The lowest BCUT2D eigenvalue weighted by Crippen LogP contribution is -2.02. The van der Waals surface area contributed by atoms with Crippen LogP contribution >= 0.6 is 0 Å². The van der Waals surface area contributed by atoms with E-state index in [1.807, 2.05) is 24.3 Å². The zero-order valence-electron chi connectivity index (χ0n) is 11.3. The van der Waals surface area contributed by atoms with Gasteiger partial charge in [0.1, 0.15) is 5.78 Å². The average Bonchev–Trinajstić information content (AvgIpc) is 2.36. The second kappa shape index (κ2) is 8.56. The second-order valence-electron chi connectivity index (χ2n) is 4.30. The molecule has 0 fully saturated rings. The van der Waals surface area contributed by atoms with Gasteiger partial charge in [0.25, 0.3) is 0 Å². The monoisotopic (exact) mass is 250 g/mol. The van der Waals surface area contributed by atoms with Gasteiger partial charge in [-0.15, -0.1) is 0 Å². The lowest BCUT2D eigenvalue weighted by Gasteiger charge is -2.11. The molecule has 1 aromatic carbocycles. The number of unbranched alkanes of at least 4 members (excludes halogenated alkanes) is 1. The van der Waals surface area contributed by atoms with E-state index in [1.165, 1.54) is 0 Å². The predicted molar refractivity (Wildman–Crippen MR) is 72.3 cm³/mol. The molecule has 0 aliphatic heterocycles. The number of Topliss-reactive ketones (excluding diaryl/α,β-unsaturated/α-hetero) is 1. The summed E-state index contributed by atoms with van der Waals surface area (Å²) in [4.78, 5) is 10.8. The van der Waals surface area contributed by atoms with Gasteiger partial charge in [0.05, 0.1) is 13.2 Å². The number of carbonyl (C=O) groups is 1. The first-order valence-electron chi connectivity index (χ1n) is 6.58. The topological polar surface area (TPSA) is 35.5 Å². The van der Waals surface area contributed by atoms with Gasteiger partial charge in [-0.05, 0) is 38.3 Å². The Balaban J connectivity index is 2.34. The molecule has 0 heterocycles.